The van der Waals surface area contributed by atoms with Gasteiger partial charge in [-0.05, 0) is 43.5 Å². The molecule has 1 amide bonds. The summed E-state index contributed by atoms with van der Waals surface area (Å²) in [7, 11) is 3.36. The first-order valence-electron chi connectivity index (χ1n) is 8.11. The first-order chi connectivity index (χ1) is 11.4. The van der Waals surface area contributed by atoms with Gasteiger partial charge in [-0.3, -0.25) is 9.48 Å². The van der Waals surface area contributed by atoms with E-state index >= 15 is 0 Å². The van der Waals surface area contributed by atoms with Gasteiger partial charge in [0.15, 0.2) is 0 Å². The van der Waals surface area contributed by atoms with Crippen molar-refractivity contribution in [2.45, 2.75) is 31.4 Å². The lowest BCUT2D eigenvalue weighted by Crippen LogP contribution is -2.48. The molecule has 3 rings (SSSR count). The van der Waals surface area contributed by atoms with E-state index in [4.69, 9.17) is 4.74 Å². The molecule has 128 valence electrons. The third-order valence-electron chi connectivity index (χ3n) is 4.88. The van der Waals surface area contributed by atoms with E-state index in [2.05, 4.69) is 5.10 Å². The average Bonchev–Trinajstić information content (AvgIpc) is 3.23. The number of carbonyl (C=O) groups excluding carboxylic acids is 1. The van der Waals surface area contributed by atoms with E-state index in [9.17, 15) is 9.90 Å². The molecule has 2 unspecified atom stereocenters. The maximum Gasteiger partial charge on any atom is 0.272 e. The van der Waals surface area contributed by atoms with Gasteiger partial charge in [-0.25, -0.2) is 0 Å². The number of aliphatic hydroxyl groups is 1. The highest BCUT2D eigenvalue weighted by Gasteiger charge is 2.43. The summed E-state index contributed by atoms with van der Waals surface area (Å²) >= 11 is 0. The molecule has 2 atom stereocenters. The molecule has 1 aromatic carbocycles. The van der Waals surface area contributed by atoms with E-state index in [-0.39, 0.29) is 11.9 Å². The van der Waals surface area contributed by atoms with Crippen LogP contribution < -0.4 is 4.74 Å². The van der Waals surface area contributed by atoms with Gasteiger partial charge in [0.25, 0.3) is 5.91 Å². The van der Waals surface area contributed by atoms with E-state index in [1.165, 1.54) is 0 Å². The van der Waals surface area contributed by atoms with Gasteiger partial charge in [-0.1, -0.05) is 12.1 Å². The van der Waals surface area contributed by atoms with Gasteiger partial charge in [-0.2, -0.15) is 5.10 Å². The minimum absolute atomic E-state index is 0.0914. The van der Waals surface area contributed by atoms with E-state index < -0.39 is 5.60 Å². The minimum Gasteiger partial charge on any atom is -0.497 e. The van der Waals surface area contributed by atoms with Gasteiger partial charge in [0.1, 0.15) is 17.0 Å². The highest BCUT2D eigenvalue weighted by atomic mass is 16.5. The van der Waals surface area contributed by atoms with Crippen LogP contribution in [0.25, 0.3) is 0 Å². The standard InChI is InChI=1S/C18H23N3O3/c1-18(23,13-6-8-14(24-3)9-7-13)16-5-4-12-21(16)17(22)15-10-11-19-20(15)2/h6-11,16,23H,4-5,12H2,1-3H3. The van der Waals surface area contributed by atoms with Crippen LogP contribution in [-0.2, 0) is 12.6 Å². The molecule has 0 saturated carbocycles. The number of nitrogens with zero attached hydrogens (tertiary/aromatic N) is 3. The highest BCUT2D eigenvalue weighted by molar-refractivity contribution is 5.93. The SMILES string of the molecule is COc1ccc(C(C)(O)C2CCCN2C(=O)c2ccnn2C)cc1. The number of hydrogen-bond acceptors (Lipinski definition) is 4. The molecular weight excluding hydrogens is 306 g/mol. The molecule has 6 nitrogen and oxygen atoms in total. The van der Waals surface area contributed by atoms with Gasteiger partial charge in [-0.15, -0.1) is 0 Å². The molecule has 2 aromatic rings. The monoisotopic (exact) mass is 329 g/mol. The van der Waals surface area contributed by atoms with Crippen molar-refractivity contribution >= 4 is 5.91 Å². The molecule has 0 bridgehead atoms. The van der Waals surface area contributed by atoms with Crippen LogP contribution in [0.4, 0.5) is 0 Å². The molecule has 6 heteroatoms. The Hall–Kier alpha value is -2.34. The Morgan fingerprint density at radius 1 is 1.33 bits per heavy atom. The molecule has 24 heavy (non-hydrogen) atoms. The van der Waals surface area contributed by atoms with Gasteiger partial charge in [0, 0.05) is 19.8 Å². The Balaban J connectivity index is 1.88. The second-order valence-corrected chi connectivity index (χ2v) is 6.37. The number of aromatic nitrogens is 2. The lowest BCUT2D eigenvalue weighted by atomic mass is 9.86. The summed E-state index contributed by atoms with van der Waals surface area (Å²) in [5, 5.41) is 15.2. The Labute approximate surface area is 141 Å². The molecule has 0 spiro atoms. The number of aryl methyl sites for hydroxylation is 1. The maximum atomic E-state index is 12.9. The van der Waals surface area contributed by atoms with Crippen LogP contribution in [0.3, 0.4) is 0 Å². The number of hydrogen-bond donors (Lipinski definition) is 1. The van der Waals surface area contributed by atoms with Crippen LogP contribution in [0, 0.1) is 0 Å². The van der Waals surface area contributed by atoms with Gasteiger partial charge in [0.2, 0.25) is 0 Å². The van der Waals surface area contributed by atoms with Crippen molar-refractivity contribution < 1.29 is 14.6 Å². The van der Waals surface area contributed by atoms with Crippen molar-refractivity contribution in [2.24, 2.45) is 7.05 Å². The summed E-state index contributed by atoms with van der Waals surface area (Å²) in [5.74, 6) is 0.648. The average molecular weight is 329 g/mol. The van der Waals surface area contributed by atoms with Crippen LogP contribution in [-0.4, -0.2) is 45.4 Å². The molecular formula is C18H23N3O3. The number of likely N-dealkylation sites (tertiary alicyclic amines) is 1. The summed E-state index contributed by atoms with van der Waals surface area (Å²) in [4.78, 5) is 14.6. The van der Waals surface area contributed by atoms with Crippen molar-refractivity contribution in [1.82, 2.24) is 14.7 Å². The first-order valence-corrected chi connectivity index (χ1v) is 8.11. The zero-order valence-corrected chi connectivity index (χ0v) is 14.3. The quantitative estimate of drug-likeness (QED) is 0.931. The van der Waals surface area contributed by atoms with Crippen molar-refractivity contribution in [3.8, 4) is 5.75 Å². The molecule has 1 aromatic heterocycles. The maximum absolute atomic E-state index is 12.9. The molecule has 1 N–H and O–H groups in total. The molecule has 1 saturated heterocycles. The van der Waals surface area contributed by atoms with Crippen LogP contribution in [0.5, 0.6) is 5.75 Å². The molecule has 1 aliphatic rings. The fourth-order valence-electron chi connectivity index (χ4n) is 3.45. The number of benzene rings is 1. The summed E-state index contributed by atoms with van der Waals surface area (Å²) in [6.07, 6.45) is 3.25. The Morgan fingerprint density at radius 3 is 2.62 bits per heavy atom. The van der Waals surface area contributed by atoms with Gasteiger partial charge >= 0.3 is 0 Å². The zero-order valence-electron chi connectivity index (χ0n) is 14.3. The number of carbonyl (C=O) groups is 1. The summed E-state index contributed by atoms with van der Waals surface area (Å²) in [6, 6.07) is 8.79. The van der Waals surface area contributed by atoms with E-state index in [0.717, 1.165) is 24.2 Å². The predicted molar refractivity (Wildman–Crippen MR) is 89.8 cm³/mol. The molecule has 0 radical (unpaired) electrons. The van der Waals surface area contributed by atoms with E-state index in [0.29, 0.717) is 12.2 Å². The third-order valence-corrected chi connectivity index (χ3v) is 4.88. The van der Waals surface area contributed by atoms with Crippen LogP contribution >= 0.6 is 0 Å². The number of methoxy groups -OCH3 is 1. The lowest BCUT2D eigenvalue weighted by molar-refractivity contribution is -0.0180. The fraction of sp³-hybridized carbons (Fsp3) is 0.444. The molecule has 2 heterocycles. The van der Waals surface area contributed by atoms with Crippen molar-refractivity contribution in [1.29, 1.82) is 0 Å². The fourth-order valence-corrected chi connectivity index (χ4v) is 3.45. The number of rotatable bonds is 4. The third kappa shape index (κ3) is 2.78. The highest BCUT2D eigenvalue weighted by Crippen LogP contribution is 2.36. The Morgan fingerprint density at radius 2 is 2.04 bits per heavy atom. The van der Waals surface area contributed by atoms with Crippen LogP contribution in [0.2, 0.25) is 0 Å². The predicted octanol–water partition coefficient (Wildman–Crippen LogP) is 1.94. The summed E-state index contributed by atoms with van der Waals surface area (Å²) in [6.45, 7) is 2.41. The molecule has 1 fully saturated rings. The van der Waals surface area contributed by atoms with Gasteiger partial charge < -0.3 is 14.7 Å². The lowest BCUT2D eigenvalue weighted by Gasteiger charge is -2.37. The van der Waals surface area contributed by atoms with E-state index in [1.54, 1.807) is 42.9 Å². The topological polar surface area (TPSA) is 67.6 Å². The second kappa shape index (κ2) is 6.28. The Kier molecular flexibility index (Phi) is 4.32. The van der Waals surface area contributed by atoms with Gasteiger partial charge in [0.05, 0.1) is 13.2 Å². The van der Waals surface area contributed by atoms with Crippen molar-refractivity contribution in [3.05, 3.63) is 47.8 Å². The second-order valence-electron chi connectivity index (χ2n) is 6.37. The van der Waals surface area contributed by atoms with E-state index in [1.807, 2.05) is 24.3 Å². The Bertz CT molecular complexity index is 721. The number of ether oxygens (including phenoxy) is 1. The number of amides is 1. The smallest absolute Gasteiger partial charge is 0.272 e. The van der Waals surface area contributed by atoms with Crippen molar-refractivity contribution in [2.75, 3.05) is 13.7 Å². The minimum atomic E-state index is -1.13. The molecule has 1 aliphatic heterocycles. The van der Waals surface area contributed by atoms with Crippen LogP contribution in [0.15, 0.2) is 36.5 Å². The molecule has 0 aliphatic carbocycles. The first kappa shape index (κ1) is 16.5. The largest absolute Gasteiger partial charge is 0.497 e. The summed E-state index contributed by atoms with van der Waals surface area (Å²) < 4.78 is 6.74. The van der Waals surface area contributed by atoms with Crippen molar-refractivity contribution in [3.63, 3.8) is 0 Å². The zero-order chi connectivity index (χ0) is 17.3. The normalized spacial score (nSPS) is 20.0. The van der Waals surface area contributed by atoms with Crippen LogP contribution in [0.1, 0.15) is 35.8 Å². The summed E-state index contributed by atoms with van der Waals surface area (Å²) in [5.41, 5.74) is 0.183.